The van der Waals surface area contributed by atoms with Crippen LogP contribution in [-0.4, -0.2) is 23.1 Å². The van der Waals surface area contributed by atoms with Crippen LogP contribution in [0, 0.1) is 0 Å². The molecule has 0 unspecified atom stereocenters. The smallest absolute Gasteiger partial charge is 1.00 e. The Bertz CT molecular complexity index is 267. The van der Waals surface area contributed by atoms with E-state index in [1.165, 1.54) is 6.07 Å². The van der Waals surface area contributed by atoms with Crippen molar-refractivity contribution in [3.63, 3.8) is 0 Å². The third-order valence-electron chi connectivity index (χ3n) is 1.15. The van der Waals surface area contributed by atoms with Crippen molar-refractivity contribution in [2.24, 2.45) is 0 Å². The second kappa shape index (κ2) is 4.48. The van der Waals surface area contributed by atoms with E-state index in [4.69, 9.17) is 0 Å². The molecular formula is C7H6BrF3Mg. The molecule has 0 fully saturated rings. The van der Waals surface area contributed by atoms with Crippen molar-refractivity contribution in [1.29, 1.82) is 0 Å². The zero-order chi connectivity index (χ0) is 8.48. The molecule has 0 aromatic heterocycles. The Balaban J connectivity index is -0.000000403. The van der Waals surface area contributed by atoms with Crippen molar-refractivity contribution < 1.29 is 16.0 Å². The van der Waals surface area contributed by atoms with E-state index in [2.05, 4.69) is 15.9 Å². The normalized spacial score (nSPS) is 10.7. The summed E-state index contributed by atoms with van der Waals surface area (Å²) in [4.78, 5) is 0. The van der Waals surface area contributed by atoms with E-state index >= 15 is 0 Å². The molecule has 0 radical (unpaired) electrons. The zero-order valence-electron chi connectivity index (χ0n) is 8.03. The summed E-state index contributed by atoms with van der Waals surface area (Å²) < 4.78 is 36.3. The number of hydrogen-bond donors (Lipinski definition) is 0. The van der Waals surface area contributed by atoms with Crippen LogP contribution < -0.4 is 0 Å². The van der Waals surface area contributed by atoms with Crippen LogP contribution in [0.2, 0.25) is 0 Å². The Kier molecular flexibility index (Phi) is 4.58. The third kappa shape index (κ3) is 3.33. The first-order valence-electron chi connectivity index (χ1n) is 2.83. The number of halogens is 4. The van der Waals surface area contributed by atoms with E-state index in [1.54, 1.807) is 6.07 Å². The van der Waals surface area contributed by atoms with Gasteiger partial charge in [0.25, 0.3) is 0 Å². The molecule has 0 saturated carbocycles. The molecule has 0 N–H and O–H groups in total. The molecule has 64 valence electrons. The van der Waals surface area contributed by atoms with Crippen LogP contribution in [0.15, 0.2) is 28.7 Å². The summed E-state index contributed by atoms with van der Waals surface area (Å²) in [7, 11) is 0. The summed E-state index contributed by atoms with van der Waals surface area (Å²) >= 11 is 2.95. The molecule has 0 heterocycles. The SMILES string of the molecule is FC(F)(F)c1cccc(Br)c1.[H-].[H-].[Mg+2]. The van der Waals surface area contributed by atoms with Gasteiger partial charge >= 0.3 is 29.2 Å². The minimum Gasteiger partial charge on any atom is -1.00 e. The van der Waals surface area contributed by atoms with Gasteiger partial charge in [0.2, 0.25) is 0 Å². The van der Waals surface area contributed by atoms with Gasteiger partial charge in [-0.2, -0.15) is 13.2 Å². The summed E-state index contributed by atoms with van der Waals surface area (Å²) in [5.74, 6) is 0. The Hall–Kier alpha value is 0.256. The molecule has 0 nitrogen and oxygen atoms in total. The molecule has 12 heavy (non-hydrogen) atoms. The Morgan fingerprint density at radius 2 is 1.83 bits per heavy atom. The predicted molar refractivity (Wildman–Crippen MR) is 47.1 cm³/mol. The zero-order valence-corrected chi connectivity index (χ0v) is 9.03. The van der Waals surface area contributed by atoms with E-state index in [-0.39, 0.29) is 25.9 Å². The van der Waals surface area contributed by atoms with Gasteiger partial charge in [-0.05, 0) is 18.2 Å². The maximum absolute atomic E-state index is 11.9. The molecule has 1 aromatic rings. The topological polar surface area (TPSA) is 0 Å². The van der Waals surface area contributed by atoms with Gasteiger partial charge in [0.05, 0.1) is 5.56 Å². The van der Waals surface area contributed by atoms with Crippen LogP contribution >= 0.6 is 15.9 Å². The van der Waals surface area contributed by atoms with Crippen molar-refractivity contribution >= 4 is 39.0 Å². The summed E-state index contributed by atoms with van der Waals surface area (Å²) in [6.07, 6.45) is -4.25. The van der Waals surface area contributed by atoms with E-state index in [9.17, 15) is 13.2 Å². The Labute approximate surface area is 95.4 Å². The van der Waals surface area contributed by atoms with Crippen molar-refractivity contribution in [3.8, 4) is 0 Å². The molecule has 0 saturated heterocycles. The molecule has 5 heteroatoms. The summed E-state index contributed by atoms with van der Waals surface area (Å²) in [6.45, 7) is 0. The van der Waals surface area contributed by atoms with Gasteiger partial charge in [-0.3, -0.25) is 0 Å². The average molecular weight is 251 g/mol. The molecule has 0 atom stereocenters. The Morgan fingerprint density at radius 1 is 1.25 bits per heavy atom. The fourth-order valence-corrected chi connectivity index (χ4v) is 1.06. The molecule has 1 rings (SSSR count). The molecule has 0 amide bonds. The van der Waals surface area contributed by atoms with E-state index in [0.717, 1.165) is 12.1 Å². The van der Waals surface area contributed by atoms with Crippen molar-refractivity contribution in [2.45, 2.75) is 6.18 Å². The first kappa shape index (κ1) is 12.3. The van der Waals surface area contributed by atoms with E-state index in [0.29, 0.717) is 4.47 Å². The van der Waals surface area contributed by atoms with Crippen LogP contribution in [0.4, 0.5) is 13.2 Å². The van der Waals surface area contributed by atoms with Crippen LogP contribution in [0.25, 0.3) is 0 Å². The maximum atomic E-state index is 11.9. The van der Waals surface area contributed by atoms with E-state index in [1.807, 2.05) is 0 Å². The molecule has 0 aliphatic carbocycles. The van der Waals surface area contributed by atoms with Crippen LogP contribution in [0.5, 0.6) is 0 Å². The quantitative estimate of drug-likeness (QED) is 0.621. The minimum atomic E-state index is -4.25. The van der Waals surface area contributed by atoms with Gasteiger partial charge in [0.15, 0.2) is 0 Å². The van der Waals surface area contributed by atoms with Gasteiger partial charge < -0.3 is 2.85 Å². The van der Waals surface area contributed by atoms with Gasteiger partial charge in [-0.1, -0.05) is 22.0 Å². The number of rotatable bonds is 0. The molecule has 0 spiro atoms. The molecule has 0 aliphatic rings. The van der Waals surface area contributed by atoms with Crippen LogP contribution in [0.3, 0.4) is 0 Å². The number of benzene rings is 1. The van der Waals surface area contributed by atoms with Gasteiger partial charge in [-0.25, -0.2) is 0 Å². The summed E-state index contributed by atoms with van der Waals surface area (Å²) in [5, 5.41) is 0. The Morgan fingerprint density at radius 3 is 2.17 bits per heavy atom. The average Bonchev–Trinajstić information content (AvgIpc) is 1.86. The minimum absolute atomic E-state index is 0. The van der Waals surface area contributed by atoms with Crippen molar-refractivity contribution in [3.05, 3.63) is 34.3 Å². The van der Waals surface area contributed by atoms with Crippen LogP contribution in [0.1, 0.15) is 8.42 Å². The fourth-order valence-electron chi connectivity index (χ4n) is 0.665. The van der Waals surface area contributed by atoms with Crippen molar-refractivity contribution in [1.82, 2.24) is 0 Å². The fraction of sp³-hybridized carbons (Fsp3) is 0.143. The summed E-state index contributed by atoms with van der Waals surface area (Å²) in [5.41, 5.74) is -0.633. The van der Waals surface area contributed by atoms with Gasteiger partial charge in [0.1, 0.15) is 0 Å². The molecule has 0 bridgehead atoms. The molecular weight excluding hydrogens is 245 g/mol. The van der Waals surface area contributed by atoms with Crippen molar-refractivity contribution in [2.75, 3.05) is 0 Å². The first-order chi connectivity index (χ1) is 5.00. The van der Waals surface area contributed by atoms with E-state index < -0.39 is 11.7 Å². The second-order valence-electron chi connectivity index (χ2n) is 2.01. The third-order valence-corrected chi connectivity index (χ3v) is 1.65. The van der Waals surface area contributed by atoms with Gasteiger partial charge in [0, 0.05) is 4.47 Å². The maximum Gasteiger partial charge on any atom is 2.00 e. The molecule has 1 aromatic carbocycles. The largest absolute Gasteiger partial charge is 2.00 e. The number of hydrogen-bond acceptors (Lipinski definition) is 0. The second-order valence-corrected chi connectivity index (χ2v) is 2.92. The number of alkyl halides is 3. The van der Waals surface area contributed by atoms with Crippen LogP contribution in [-0.2, 0) is 6.18 Å². The first-order valence-corrected chi connectivity index (χ1v) is 3.62. The monoisotopic (exact) mass is 250 g/mol. The predicted octanol–water partition coefficient (Wildman–Crippen LogP) is 3.31. The molecule has 0 aliphatic heterocycles. The summed E-state index contributed by atoms with van der Waals surface area (Å²) in [6, 6.07) is 4.98. The van der Waals surface area contributed by atoms with Gasteiger partial charge in [-0.15, -0.1) is 0 Å². The standard InChI is InChI=1S/C7H4BrF3.Mg.2H/c8-6-3-1-2-5(4-6)7(9,10)11;;;/h1-4H;;;/q;+2;2*-1.